The quantitative estimate of drug-likeness (QED) is 0.867. The van der Waals surface area contributed by atoms with E-state index in [-0.39, 0.29) is 0 Å². The summed E-state index contributed by atoms with van der Waals surface area (Å²) in [6.07, 6.45) is 4.78. The second-order valence-electron chi connectivity index (χ2n) is 5.94. The van der Waals surface area contributed by atoms with Gasteiger partial charge < -0.3 is 16.2 Å². The smallest absolute Gasteiger partial charge is 0.254 e. The Kier molecular flexibility index (Phi) is 5.17. The minimum absolute atomic E-state index is 0.390. The van der Waals surface area contributed by atoms with Crippen molar-refractivity contribution in [3.8, 4) is 5.75 Å². The van der Waals surface area contributed by atoms with Crippen LogP contribution in [-0.4, -0.2) is 24.0 Å². The Balaban J connectivity index is 2.13. The normalized spacial score (nSPS) is 22.0. The van der Waals surface area contributed by atoms with E-state index in [2.05, 4.69) is 4.98 Å². The summed E-state index contributed by atoms with van der Waals surface area (Å²) < 4.78 is 5.94. The van der Waals surface area contributed by atoms with Crippen LogP contribution in [0.1, 0.15) is 47.4 Å². The highest BCUT2D eigenvalue weighted by molar-refractivity contribution is 5.96. The van der Waals surface area contributed by atoms with E-state index in [1.165, 1.54) is 19.3 Å². The number of hydrogen-bond acceptors (Lipinski definition) is 4. The summed E-state index contributed by atoms with van der Waals surface area (Å²) in [7, 11) is 0. The molecule has 0 saturated heterocycles. The SMILES string of the molecule is Cc1cc(OCC2CCCCC2CN)c(C(N)=O)c(C)n1. The van der Waals surface area contributed by atoms with E-state index in [9.17, 15) is 4.79 Å². The number of primary amides is 1. The van der Waals surface area contributed by atoms with Gasteiger partial charge in [-0.25, -0.2) is 0 Å². The summed E-state index contributed by atoms with van der Waals surface area (Å²) in [4.78, 5) is 15.9. The Morgan fingerprint density at radius 2 is 2.00 bits per heavy atom. The third-order valence-electron chi connectivity index (χ3n) is 4.36. The molecule has 1 heterocycles. The first-order valence-electron chi connectivity index (χ1n) is 7.63. The van der Waals surface area contributed by atoms with Gasteiger partial charge in [0.05, 0.1) is 12.3 Å². The molecule has 0 aromatic carbocycles. The maximum atomic E-state index is 11.6. The van der Waals surface area contributed by atoms with Crippen LogP contribution < -0.4 is 16.2 Å². The molecule has 21 heavy (non-hydrogen) atoms. The lowest BCUT2D eigenvalue weighted by molar-refractivity contribution is 0.0990. The molecule has 2 rings (SSSR count). The molecule has 116 valence electrons. The third kappa shape index (κ3) is 3.73. The van der Waals surface area contributed by atoms with Crippen molar-refractivity contribution in [2.24, 2.45) is 23.3 Å². The third-order valence-corrected chi connectivity index (χ3v) is 4.36. The van der Waals surface area contributed by atoms with Gasteiger partial charge in [0.25, 0.3) is 5.91 Å². The molecule has 1 aromatic heterocycles. The molecule has 1 saturated carbocycles. The molecule has 0 spiro atoms. The molecular weight excluding hydrogens is 266 g/mol. The number of pyridine rings is 1. The Morgan fingerprint density at radius 1 is 1.33 bits per heavy atom. The summed E-state index contributed by atoms with van der Waals surface area (Å²) in [5.74, 6) is 1.03. The number of aromatic nitrogens is 1. The molecule has 0 bridgehead atoms. The number of hydrogen-bond donors (Lipinski definition) is 2. The minimum atomic E-state index is -0.492. The van der Waals surface area contributed by atoms with Crippen LogP contribution in [0.2, 0.25) is 0 Å². The zero-order valence-corrected chi connectivity index (χ0v) is 12.9. The van der Waals surface area contributed by atoms with Gasteiger partial charge in [-0.2, -0.15) is 0 Å². The topological polar surface area (TPSA) is 91.2 Å². The highest BCUT2D eigenvalue weighted by atomic mass is 16.5. The van der Waals surface area contributed by atoms with Crippen molar-refractivity contribution >= 4 is 5.91 Å². The molecule has 1 aromatic rings. The van der Waals surface area contributed by atoms with Crippen LogP contribution in [0, 0.1) is 25.7 Å². The van der Waals surface area contributed by atoms with Crippen LogP contribution in [0.3, 0.4) is 0 Å². The van der Waals surface area contributed by atoms with Crippen molar-refractivity contribution in [3.63, 3.8) is 0 Å². The zero-order valence-electron chi connectivity index (χ0n) is 12.9. The van der Waals surface area contributed by atoms with E-state index in [4.69, 9.17) is 16.2 Å². The number of aryl methyl sites for hydroxylation is 2. The second-order valence-corrected chi connectivity index (χ2v) is 5.94. The Labute approximate surface area is 126 Å². The summed E-state index contributed by atoms with van der Waals surface area (Å²) in [6, 6.07) is 1.79. The average Bonchev–Trinajstić information content (AvgIpc) is 2.44. The van der Waals surface area contributed by atoms with Crippen LogP contribution in [0.5, 0.6) is 5.75 Å². The van der Waals surface area contributed by atoms with Gasteiger partial charge in [0.2, 0.25) is 0 Å². The molecule has 1 aliphatic rings. The van der Waals surface area contributed by atoms with E-state index in [0.29, 0.717) is 42.0 Å². The van der Waals surface area contributed by atoms with Gasteiger partial charge in [0, 0.05) is 11.8 Å². The van der Waals surface area contributed by atoms with Crippen LogP contribution in [0.15, 0.2) is 6.07 Å². The lowest BCUT2D eigenvalue weighted by atomic mass is 9.80. The van der Waals surface area contributed by atoms with E-state index >= 15 is 0 Å². The van der Waals surface area contributed by atoms with E-state index in [1.807, 2.05) is 6.92 Å². The molecular formula is C16H25N3O2. The van der Waals surface area contributed by atoms with Crippen molar-refractivity contribution in [3.05, 3.63) is 23.0 Å². The van der Waals surface area contributed by atoms with Crippen LogP contribution in [0.4, 0.5) is 0 Å². The fourth-order valence-corrected chi connectivity index (χ4v) is 3.22. The Bertz CT molecular complexity index is 516. The second kappa shape index (κ2) is 6.89. The molecule has 5 nitrogen and oxygen atoms in total. The molecule has 2 unspecified atom stereocenters. The molecule has 1 amide bonds. The highest BCUT2D eigenvalue weighted by Gasteiger charge is 2.25. The maximum absolute atomic E-state index is 11.6. The minimum Gasteiger partial charge on any atom is -0.492 e. The maximum Gasteiger partial charge on any atom is 0.254 e. The van der Waals surface area contributed by atoms with Crippen LogP contribution >= 0.6 is 0 Å². The van der Waals surface area contributed by atoms with E-state index in [0.717, 1.165) is 12.1 Å². The number of ether oxygens (including phenoxy) is 1. The largest absolute Gasteiger partial charge is 0.492 e. The van der Waals surface area contributed by atoms with Gasteiger partial charge in [-0.15, -0.1) is 0 Å². The van der Waals surface area contributed by atoms with Gasteiger partial charge in [0.15, 0.2) is 0 Å². The van der Waals surface area contributed by atoms with Crippen molar-refractivity contribution in [1.29, 1.82) is 0 Å². The Hall–Kier alpha value is -1.62. The first kappa shape index (κ1) is 15.8. The fraction of sp³-hybridized carbons (Fsp3) is 0.625. The summed E-state index contributed by atoms with van der Waals surface area (Å²) >= 11 is 0. The lowest BCUT2D eigenvalue weighted by Gasteiger charge is -2.30. The van der Waals surface area contributed by atoms with Gasteiger partial charge >= 0.3 is 0 Å². The van der Waals surface area contributed by atoms with E-state index < -0.39 is 5.91 Å². The number of nitrogens with zero attached hydrogens (tertiary/aromatic N) is 1. The Morgan fingerprint density at radius 3 is 2.62 bits per heavy atom. The molecule has 0 aliphatic heterocycles. The van der Waals surface area contributed by atoms with Gasteiger partial charge in [-0.1, -0.05) is 12.8 Å². The summed E-state index contributed by atoms with van der Waals surface area (Å²) in [5, 5.41) is 0. The predicted octanol–water partition coefficient (Wildman–Crippen LogP) is 1.94. The molecule has 1 aliphatic carbocycles. The molecule has 4 N–H and O–H groups in total. The van der Waals surface area contributed by atoms with Crippen molar-refractivity contribution in [1.82, 2.24) is 4.98 Å². The fourth-order valence-electron chi connectivity index (χ4n) is 3.22. The number of carbonyl (C=O) groups excluding carboxylic acids is 1. The first-order chi connectivity index (χ1) is 10.0. The molecule has 1 fully saturated rings. The van der Waals surface area contributed by atoms with Gasteiger partial charge in [-0.3, -0.25) is 9.78 Å². The summed E-state index contributed by atoms with van der Waals surface area (Å²) in [5.41, 5.74) is 13.1. The molecule has 2 atom stereocenters. The number of nitrogens with two attached hydrogens (primary N) is 2. The van der Waals surface area contributed by atoms with Crippen LogP contribution in [0.25, 0.3) is 0 Å². The first-order valence-corrected chi connectivity index (χ1v) is 7.63. The van der Waals surface area contributed by atoms with Crippen LogP contribution in [-0.2, 0) is 0 Å². The van der Waals surface area contributed by atoms with Crippen molar-refractivity contribution < 1.29 is 9.53 Å². The van der Waals surface area contributed by atoms with Crippen molar-refractivity contribution in [2.75, 3.05) is 13.2 Å². The van der Waals surface area contributed by atoms with Gasteiger partial charge in [0.1, 0.15) is 11.3 Å². The monoisotopic (exact) mass is 291 g/mol. The number of amides is 1. The molecule has 0 radical (unpaired) electrons. The zero-order chi connectivity index (χ0) is 15.4. The predicted molar refractivity (Wildman–Crippen MR) is 82.2 cm³/mol. The number of rotatable bonds is 5. The molecule has 5 heteroatoms. The van der Waals surface area contributed by atoms with Gasteiger partial charge in [-0.05, 0) is 45.1 Å². The number of carbonyl (C=O) groups is 1. The average molecular weight is 291 g/mol. The summed E-state index contributed by atoms with van der Waals surface area (Å²) in [6.45, 7) is 4.95. The lowest BCUT2D eigenvalue weighted by Crippen LogP contribution is -2.31. The highest BCUT2D eigenvalue weighted by Crippen LogP contribution is 2.31. The van der Waals surface area contributed by atoms with E-state index in [1.54, 1.807) is 13.0 Å². The standard InChI is InChI=1S/C16H25N3O2/c1-10-7-14(15(16(18)20)11(2)19-10)21-9-13-6-4-3-5-12(13)8-17/h7,12-13H,3-6,8-9,17H2,1-2H3,(H2,18,20). The van der Waals surface area contributed by atoms with Crippen molar-refractivity contribution in [2.45, 2.75) is 39.5 Å².